The third kappa shape index (κ3) is 0.836. The van der Waals surface area contributed by atoms with Crippen LogP contribution in [-0.2, 0) is 4.74 Å². The minimum Gasteiger partial charge on any atom is -0.366 e. The third-order valence-electron chi connectivity index (χ3n) is 6.85. The molecule has 0 aromatic rings. The summed E-state index contributed by atoms with van der Waals surface area (Å²) < 4.78 is 6.07. The van der Waals surface area contributed by atoms with E-state index >= 15 is 0 Å². The van der Waals surface area contributed by atoms with E-state index in [1.807, 2.05) is 0 Å². The Kier molecular flexibility index (Phi) is 1.48. The third-order valence-corrected chi connectivity index (χ3v) is 6.85. The van der Waals surface area contributed by atoms with Gasteiger partial charge in [-0.2, -0.15) is 0 Å². The van der Waals surface area contributed by atoms with Crippen LogP contribution in [0.5, 0.6) is 0 Å². The number of fused-ring (bicyclic) bond motifs is 2. The van der Waals surface area contributed by atoms with E-state index in [-0.39, 0.29) is 5.60 Å². The van der Waals surface area contributed by atoms with Crippen LogP contribution in [0.3, 0.4) is 0 Å². The largest absolute Gasteiger partial charge is 0.366 e. The summed E-state index contributed by atoms with van der Waals surface area (Å²) in [6.07, 6.45) is 6.31. The summed E-state index contributed by atoms with van der Waals surface area (Å²) in [5.41, 5.74) is 1.46. The second-order valence-electron chi connectivity index (χ2n) is 7.98. The summed E-state index contributed by atoms with van der Waals surface area (Å²) in [5, 5.41) is 0. The van der Waals surface area contributed by atoms with Gasteiger partial charge in [-0.15, -0.1) is 0 Å². The summed E-state index contributed by atoms with van der Waals surface area (Å²) in [7, 11) is 0. The van der Waals surface area contributed by atoms with E-state index in [1.165, 1.54) is 25.7 Å². The predicted molar refractivity (Wildman–Crippen MR) is 64.1 cm³/mol. The Bertz CT molecular complexity index is 360. The van der Waals surface area contributed by atoms with Gasteiger partial charge in [0.2, 0.25) is 0 Å². The number of hydrogen-bond acceptors (Lipinski definition) is 1. The molecule has 1 nitrogen and oxygen atoms in total. The first-order valence-electron chi connectivity index (χ1n) is 7.07. The van der Waals surface area contributed by atoms with Gasteiger partial charge in [-0.3, -0.25) is 0 Å². The molecule has 6 unspecified atom stereocenters. The molecule has 4 bridgehead atoms. The van der Waals surface area contributed by atoms with Crippen LogP contribution in [0, 0.1) is 28.6 Å². The molecule has 1 heteroatoms. The number of rotatable bonds is 0. The van der Waals surface area contributed by atoms with E-state index in [1.54, 1.807) is 0 Å². The highest BCUT2D eigenvalue weighted by Gasteiger charge is 2.79. The molecule has 4 aliphatic rings. The molecule has 0 amide bonds. The van der Waals surface area contributed by atoms with Crippen molar-refractivity contribution in [2.24, 2.45) is 28.6 Å². The van der Waals surface area contributed by atoms with E-state index in [4.69, 9.17) is 4.74 Å². The van der Waals surface area contributed by atoms with Crippen molar-refractivity contribution in [3.8, 4) is 0 Å². The highest BCUT2D eigenvalue weighted by molar-refractivity contribution is 5.27. The topological polar surface area (TPSA) is 12.5 Å². The Hall–Kier alpha value is -0.0400. The molecule has 1 aliphatic heterocycles. The van der Waals surface area contributed by atoms with E-state index in [9.17, 15) is 0 Å². The number of hydrogen-bond donors (Lipinski definition) is 0. The minimum atomic E-state index is 0.274. The Balaban J connectivity index is 1.82. The average molecular weight is 220 g/mol. The van der Waals surface area contributed by atoms with Crippen molar-refractivity contribution in [1.82, 2.24) is 0 Å². The van der Waals surface area contributed by atoms with Gasteiger partial charge in [0.05, 0.1) is 11.7 Å². The standard InChI is InChI=1S/C15H24O/c1-13(2)6-5-7-14(3)9-8-10-15(4,16-10)12(14)11(9)13/h9-12H,5-8H2,1-4H3. The zero-order chi connectivity index (χ0) is 11.3. The van der Waals surface area contributed by atoms with Gasteiger partial charge < -0.3 is 4.74 Å². The summed E-state index contributed by atoms with van der Waals surface area (Å²) in [5.74, 6) is 2.78. The lowest BCUT2D eigenvalue weighted by molar-refractivity contribution is -0.191. The SMILES string of the molecule is CC1(C)CCCC2(C)C3CC4OC4(C)C2C31. The summed E-state index contributed by atoms with van der Waals surface area (Å²) in [6, 6.07) is 0. The molecular formula is C15H24O. The van der Waals surface area contributed by atoms with E-state index < -0.39 is 0 Å². The lowest BCUT2D eigenvalue weighted by Crippen LogP contribution is -2.66. The molecule has 0 aromatic heterocycles. The summed E-state index contributed by atoms with van der Waals surface area (Å²) in [4.78, 5) is 0. The molecule has 0 aromatic carbocycles. The minimum absolute atomic E-state index is 0.274. The van der Waals surface area contributed by atoms with Gasteiger partial charge in [0.25, 0.3) is 0 Å². The lowest BCUT2D eigenvalue weighted by atomic mass is 9.36. The van der Waals surface area contributed by atoms with Crippen LogP contribution in [0.4, 0.5) is 0 Å². The molecule has 6 atom stereocenters. The average Bonchev–Trinajstić information content (AvgIpc) is 2.87. The van der Waals surface area contributed by atoms with Crippen molar-refractivity contribution in [2.45, 2.75) is 65.1 Å². The molecule has 4 fully saturated rings. The number of ether oxygens (including phenoxy) is 1. The van der Waals surface area contributed by atoms with E-state index in [0.29, 0.717) is 16.9 Å². The Labute approximate surface area is 98.9 Å². The maximum absolute atomic E-state index is 6.07. The fraction of sp³-hybridized carbons (Fsp3) is 1.00. The van der Waals surface area contributed by atoms with Gasteiger partial charge in [-0.1, -0.05) is 27.2 Å². The van der Waals surface area contributed by atoms with Crippen LogP contribution in [0.2, 0.25) is 0 Å². The highest BCUT2D eigenvalue weighted by atomic mass is 16.6. The zero-order valence-electron chi connectivity index (χ0n) is 11.0. The molecule has 1 heterocycles. The molecule has 0 spiro atoms. The molecule has 0 radical (unpaired) electrons. The molecule has 0 N–H and O–H groups in total. The fourth-order valence-corrected chi connectivity index (χ4v) is 6.08. The van der Waals surface area contributed by atoms with Crippen LogP contribution in [0.25, 0.3) is 0 Å². The van der Waals surface area contributed by atoms with Gasteiger partial charge in [-0.05, 0) is 54.8 Å². The van der Waals surface area contributed by atoms with Crippen molar-refractivity contribution in [2.75, 3.05) is 0 Å². The Morgan fingerprint density at radius 1 is 1.06 bits per heavy atom. The van der Waals surface area contributed by atoms with Crippen LogP contribution in [0.15, 0.2) is 0 Å². The lowest BCUT2D eigenvalue weighted by Gasteiger charge is -2.67. The smallest absolute Gasteiger partial charge is 0.0956 e. The van der Waals surface area contributed by atoms with Gasteiger partial charge in [-0.25, -0.2) is 0 Å². The zero-order valence-corrected chi connectivity index (χ0v) is 11.0. The van der Waals surface area contributed by atoms with Crippen molar-refractivity contribution in [3.63, 3.8) is 0 Å². The summed E-state index contributed by atoms with van der Waals surface area (Å²) in [6.45, 7) is 9.97. The molecule has 16 heavy (non-hydrogen) atoms. The first kappa shape index (κ1) is 9.94. The number of epoxide rings is 1. The van der Waals surface area contributed by atoms with Crippen molar-refractivity contribution in [3.05, 3.63) is 0 Å². The van der Waals surface area contributed by atoms with Crippen LogP contribution in [0.1, 0.15) is 53.4 Å². The Morgan fingerprint density at radius 2 is 1.81 bits per heavy atom. The first-order valence-corrected chi connectivity index (χ1v) is 7.07. The monoisotopic (exact) mass is 220 g/mol. The first-order chi connectivity index (χ1) is 7.40. The Morgan fingerprint density at radius 3 is 2.50 bits per heavy atom. The van der Waals surface area contributed by atoms with Crippen LogP contribution >= 0.6 is 0 Å². The fourth-order valence-electron chi connectivity index (χ4n) is 6.08. The van der Waals surface area contributed by atoms with Crippen molar-refractivity contribution >= 4 is 0 Å². The van der Waals surface area contributed by atoms with Gasteiger partial charge in [0.15, 0.2) is 0 Å². The quantitative estimate of drug-likeness (QED) is 0.568. The summed E-state index contributed by atoms with van der Waals surface area (Å²) >= 11 is 0. The van der Waals surface area contributed by atoms with Gasteiger partial charge in [0.1, 0.15) is 0 Å². The van der Waals surface area contributed by atoms with E-state index in [0.717, 1.165) is 17.8 Å². The molecule has 90 valence electrons. The molecule has 3 aliphatic carbocycles. The second kappa shape index (κ2) is 2.39. The molecule has 3 saturated carbocycles. The molecule has 4 rings (SSSR count). The van der Waals surface area contributed by atoms with E-state index in [2.05, 4.69) is 27.7 Å². The molecular weight excluding hydrogens is 196 g/mol. The van der Waals surface area contributed by atoms with Gasteiger partial charge >= 0.3 is 0 Å². The van der Waals surface area contributed by atoms with Crippen LogP contribution in [-0.4, -0.2) is 11.7 Å². The maximum atomic E-state index is 6.07. The van der Waals surface area contributed by atoms with Crippen molar-refractivity contribution < 1.29 is 4.74 Å². The maximum Gasteiger partial charge on any atom is 0.0956 e. The molecule has 1 saturated heterocycles. The predicted octanol–water partition coefficient (Wildman–Crippen LogP) is 3.63. The van der Waals surface area contributed by atoms with Crippen molar-refractivity contribution in [1.29, 1.82) is 0 Å². The second-order valence-corrected chi connectivity index (χ2v) is 7.98. The normalized spacial score (nSPS) is 65.2. The van der Waals surface area contributed by atoms with Crippen LogP contribution < -0.4 is 0 Å². The van der Waals surface area contributed by atoms with Gasteiger partial charge in [0, 0.05) is 0 Å². The highest BCUT2D eigenvalue weighted by Crippen LogP contribution is 2.78.